The molecule has 2 aromatic carbocycles. The van der Waals surface area contributed by atoms with Crippen LogP contribution >= 0.6 is 11.5 Å². The van der Waals surface area contributed by atoms with Crippen molar-refractivity contribution >= 4 is 46.3 Å². The third kappa shape index (κ3) is 6.08. The first-order valence-corrected chi connectivity index (χ1v) is 12.7. The van der Waals surface area contributed by atoms with E-state index in [1.54, 1.807) is 12.1 Å². The number of nitrogen functional groups attached to an aromatic ring is 1. The van der Waals surface area contributed by atoms with Gasteiger partial charge in [-0.05, 0) is 68.6 Å². The summed E-state index contributed by atoms with van der Waals surface area (Å²) in [6, 6.07) is 13.7. The Hall–Kier alpha value is -3.92. The van der Waals surface area contributed by atoms with Crippen LogP contribution in [0.4, 0.5) is 17.1 Å². The molecule has 5 N–H and O–H groups in total. The van der Waals surface area contributed by atoms with E-state index >= 15 is 0 Å². The van der Waals surface area contributed by atoms with Crippen LogP contribution in [0.1, 0.15) is 64.5 Å². The molecule has 196 valence electrons. The molecule has 3 amide bonds. The van der Waals surface area contributed by atoms with Crippen molar-refractivity contribution in [3.05, 3.63) is 70.2 Å². The predicted octanol–water partition coefficient (Wildman–Crippen LogP) is 3.89. The zero-order valence-electron chi connectivity index (χ0n) is 22.0. The van der Waals surface area contributed by atoms with Gasteiger partial charge in [0.1, 0.15) is 10.9 Å². The second-order valence-electron chi connectivity index (χ2n) is 9.76. The lowest BCUT2D eigenvalue weighted by Crippen LogP contribution is -2.50. The van der Waals surface area contributed by atoms with Crippen molar-refractivity contribution in [3.8, 4) is 0 Å². The molecule has 37 heavy (non-hydrogen) atoms. The molecular formula is C27H34N6O3S. The fourth-order valence-corrected chi connectivity index (χ4v) is 4.43. The van der Waals surface area contributed by atoms with E-state index in [0.717, 1.165) is 22.8 Å². The largest absolute Gasteiger partial charge is 0.395 e. The molecule has 0 bridgehead atoms. The number of carbonyl (C=O) groups is 3. The summed E-state index contributed by atoms with van der Waals surface area (Å²) in [5.74, 6) is -1.73. The number of nitrogens with one attached hydrogen (secondary N) is 1. The maximum atomic E-state index is 14.1. The van der Waals surface area contributed by atoms with Crippen molar-refractivity contribution in [3.63, 3.8) is 0 Å². The zero-order valence-corrected chi connectivity index (χ0v) is 22.8. The zero-order chi connectivity index (χ0) is 27.5. The van der Waals surface area contributed by atoms with E-state index in [9.17, 15) is 14.4 Å². The summed E-state index contributed by atoms with van der Waals surface area (Å²) in [7, 11) is 3.85. The number of carbonyl (C=O) groups excluding carboxylic acids is 3. The number of rotatable bonds is 9. The van der Waals surface area contributed by atoms with Gasteiger partial charge in [0.05, 0.1) is 5.69 Å². The predicted molar refractivity (Wildman–Crippen MR) is 149 cm³/mol. The van der Waals surface area contributed by atoms with Crippen LogP contribution in [0.15, 0.2) is 48.5 Å². The van der Waals surface area contributed by atoms with Gasteiger partial charge in [0.25, 0.3) is 11.8 Å². The molecule has 0 unspecified atom stereocenters. The fourth-order valence-electron chi connectivity index (χ4n) is 3.69. The average Bonchev–Trinajstić information content (AvgIpc) is 3.24. The molecule has 9 nitrogen and oxygen atoms in total. The van der Waals surface area contributed by atoms with E-state index in [0.29, 0.717) is 17.7 Å². The number of aromatic nitrogens is 1. The quantitative estimate of drug-likeness (QED) is 0.390. The van der Waals surface area contributed by atoms with Crippen LogP contribution in [-0.2, 0) is 4.79 Å². The lowest BCUT2D eigenvalue weighted by molar-refractivity contribution is -0.124. The second kappa shape index (κ2) is 11.0. The van der Waals surface area contributed by atoms with Gasteiger partial charge in [-0.1, -0.05) is 36.8 Å². The molecule has 0 radical (unpaired) electrons. The van der Waals surface area contributed by atoms with Gasteiger partial charge >= 0.3 is 0 Å². The van der Waals surface area contributed by atoms with Crippen LogP contribution in [0.2, 0.25) is 0 Å². The normalized spacial score (nSPS) is 12.1. The van der Waals surface area contributed by atoms with E-state index < -0.39 is 23.4 Å². The van der Waals surface area contributed by atoms with Gasteiger partial charge in [-0.15, -0.1) is 0 Å². The number of primary amides is 1. The first kappa shape index (κ1) is 27.7. The lowest BCUT2D eigenvalue weighted by atomic mass is 9.97. The topological polar surface area (TPSA) is 135 Å². The Labute approximate surface area is 221 Å². The third-order valence-electron chi connectivity index (χ3n) is 6.26. The number of aryl methyl sites for hydroxylation is 1. The van der Waals surface area contributed by atoms with Crippen LogP contribution in [0.3, 0.4) is 0 Å². The maximum absolute atomic E-state index is 14.1. The Morgan fingerprint density at radius 1 is 1.03 bits per heavy atom. The Bertz CT molecular complexity index is 1280. The van der Waals surface area contributed by atoms with Crippen molar-refractivity contribution in [2.24, 2.45) is 5.73 Å². The Balaban J connectivity index is 2.23. The Morgan fingerprint density at radius 2 is 1.59 bits per heavy atom. The number of hydrogen-bond acceptors (Lipinski definition) is 7. The van der Waals surface area contributed by atoms with E-state index in [1.165, 1.54) is 4.90 Å². The van der Waals surface area contributed by atoms with Gasteiger partial charge in [-0.3, -0.25) is 19.3 Å². The van der Waals surface area contributed by atoms with Crippen LogP contribution in [-0.4, -0.2) is 41.7 Å². The minimum atomic E-state index is -1.03. The van der Waals surface area contributed by atoms with E-state index in [2.05, 4.69) is 9.69 Å². The summed E-state index contributed by atoms with van der Waals surface area (Å²) in [6.45, 7) is 7.77. The molecule has 0 aliphatic heterocycles. The number of amides is 3. The first-order valence-electron chi connectivity index (χ1n) is 11.9. The molecule has 0 saturated carbocycles. The van der Waals surface area contributed by atoms with Crippen LogP contribution < -0.4 is 26.6 Å². The van der Waals surface area contributed by atoms with Gasteiger partial charge in [0.2, 0.25) is 5.91 Å². The molecular weight excluding hydrogens is 488 g/mol. The summed E-state index contributed by atoms with van der Waals surface area (Å²) in [5, 5.41) is 3.09. The van der Waals surface area contributed by atoms with Crippen molar-refractivity contribution in [1.29, 1.82) is 0 Å². The van der Waals surface area contributed by atoms with Gasteiger partial charge in [0.15, 0.2) is 5.69 Å². The Morgan fingerprint density at radius 3 is 2.08 bits per heavy atom. The molecule has 0 saturated heterocycles. The molecule has 0 spiro atoms. The van der Waals surface area contributed by atoms with Crippen molar-refractivity contribution < 1.29 is 14.4 Å². The minimum Gasteiger partial charge on any atom is -0.395 e. The lowest BCUT2D eigenvalue weighted by Gasteiger charge is -2.34. The van der Waals surface area contributed by atoms with Crippen LogP contribution in [0.25, 0.3) is 0 Å². The minimum absolute atomic E-state index is 0.0341. The standard InChI is InChI=1S/C27H34N6O3S/c1-7-27(3,4)30-25(35)22(17-10-14-18(15-11-17)32(5)6)33(19-12-8-16(2)9-13-19)26(36)23-20(28)21(24(29)34)31-37-23/h8-15,22H,7,28H2,1-6H3,(H2,29,34)(H,30,35)/t22-/m1/s1. The molecule has 1 atom stereocenters. The number of nitrogens with zero attached hydrogens (tertiary/aromatic N) is 3. The first-order chi connectivity index (χ1) is 17.4. The van der Waals surface area contributed by atoms with Crippen molar-refractivity contribution in [2.75, 3.05) is 29.6 Å². The number of benzene rings is 2. The SMILES string of the molecule is CCC(C)(C)NC(=O)[C@@H](c1ccc(N(C)C)cc1)N(C(=O)c1snc(C(N)=O)c1N)c1ccc(C)cc1. The molecule has 10 heteroatoms. The highest BCUT2D eigenvalue weighted by Crippen LogP contribution is 2.34. The summed E-state index contributed by atoms with van der Waals surface area (Å²) in [5.41, 5.74) is 13.8. The summed E-state index contributed by atoms with van der Waals surface area (Å²) >= 11 is 0.782. The molecule has 1 heterocycles. The molecule has 0 fully saturated rings. The second-order valence-corrected chi connectivity index (χ2v) is 10.5. The monoisotopic (exact) mass is 522 g/mol. The molecule has 1 aromatic heterocycles. The van der Waals surface area contributed by atoms with E-state index in [-0.39, 0.29) is 22.2 Å². The van der Waals surface area contributed by atoms with Crippen molar-refractivity contribution in [1.82, 2.24) is 9.69 Å². The van der Waals surface area contributed by atoms with Crippen molar-refractivity contribution in [2.45, 2.75) is 45.7 Å². The molecule has 3 aromatic rings. The van der Waals surface area contributed by atoms with E-state index in [4.69, 9.17) is 11.5 Å². The number of nitrogens with two attached hydrogens (primary N) is 2. The highest BCUT2D eigenvalue weighted by Gasteiger charge is 2.37. The summed E-state index contributed by atoms with van der Waals surface area (Å²) in [6.07, 6.45) is 0.688. The Kier molecular flexibility index (Phi) is 8.22. The van der Waals surface area contributed by atoms with Crippen LogP contribution in [0, 0.1) is 6.92 Å². The van der Waals surface area contributed by atoms with E-state index in [1.807, 2.05) is 83.1 Å². The average molecular weight is 523 g/mol. The van der Waals surface area contributed by atoms with Gasteiger partial charge in [0, 0.05) is 31.0 Å². The summed E-state index contributed by atoms with van der Waals surface area (Å²) < 4.78 is 4.00. The number of anilines is 3. The highest BCUT2D eigenvalue weighted by atomic mass is 32.1. The van der Waals surface area contributed by atoms with Gasteiger partial charge < -0.3 is 21.7 Å². The highest BCUT2D eigenvalue weighted by molar-refractivity contribution is 7.09. The third-order valence-corrected chi connectivity index (χ3v) is 7.11. The van der Waals surface area contributed by atoms with Gasteiger partial charge in [-0.25, -0.2) is 0 Å². The van der Waals surface area contributed by atoms with Crippen LogP contribution in [0.5, 0.6) is 0 Å². The summed E-state index contributed by atoms with van der Waals surface area (Å²) in [4.78, 5) is 43.2. The molecule has 3 rings (SSSR count). The fraction of sp³-hybridized carbons (Fsp3) is 0.333. The maximum Gasteiger partial charge on any atom is 0.273 e. The number of hydrogen-bond donors (Lipinski definition) is 3. The van der Waals surface area contributed by atoms with Gasteiger partial charge in [-0.2, -0.15) is 4.37 Å². The smallest absolute Gasteiger partial charge is 0.273 e. The molecule has 0 aliphatic rings. The molecule has 0 aliphatic carbocycles.